The number of hydrogen-bond acceptors (Lipinski definition) is 3. The number of aliphatic imine (C=N–C) groups is 1. The van der Waals surface area contributed by atoms with Gasteiger partial charge in [-0.05, 0) is 37.0 Å². The Kier molecular flexibility index (Phi) is 9.82. The van der Waals surface area contributed by atoms with Crippen molar-refractivity contribution < 1.29 is 9.53 Å². The van der Waals surface area contributed by atoms with Crippen molar-refractivity contribution in [3.8, 4) is 0 Å². The highest BCUT2D eigenvalue weighted by molar-refractivity contribution is 5.84. The van der Waals surface area contributed by atoms with E-state index in [1.54, 1.807) is 7.05 Å². The van der Waals surface area contributed by atoms with Crippen LogP contribution in [-0.2, 0) is 11.3 Å². The number of nitrogens with one attached hydrogen (secondary N) is 2. The number of anilines is 1. The normalized spacial score (nSPS) is 10.9. The van der Waals surface area contributed by atoms with Gasteiger partial charge in [-0.3, -0.25) is 10.3 Å². The van der Waals surface area contributed by atoms with E-state index in [0.29, 0.717) is 12.2 Å². The Bertz CT molecular complexity index is 555. The van der Waals surface area contributed by atoms with Crippen LogP contribution in [0.25, 0.3) is 0 Å². The first kappa shape index (κ1) is 20.5. The Hall–Kier alpha value is -2.50. The summed E-state index contributed by atoms with van der Waals surface area (Å²) in [6.07, 6.45) is 6.10. The molecule has 1 rings (SSSR count). The van der Waals surface area contributed by atoms with Crippen molar-refractivity contribution in [2.24, 2.45) is 4.99 Å². The van der Waals surface area contributed by atoms with Crippen LogP contribution in [0.3, 0.4) is 0 Å². The largest absolute Gasteiger partial charge is 0.453 e. The van der Waals surface area contributed by atoms with E-state index in [4.69, 9.17) is 0 Å². The first-order valence-electron chi connectivity index (χ1n) is 8.57. The SMILES string of the molecule is C=CCCCCCN(C)C(=NC)NCc1ccc(NC(=O)OC)cc1. The van der Waals surface area contributed by atoms with Crippen LogP contribution in [0.15, 0.2) is 41.9 Å². The molecule has 0 spiro atoms. The van der Waals surface area contributed by atoms with Gasteiger partial charge in [0.2, 0.25) is 0 Å². The number of nitrogens with zero attached hydrogens (tertiary/aromatic N) is 2. The number of rotatable bonds is 9. The second kappa shape index (κ2) is 11.9. The maximum Gasteiger partial charge on any atom is 0.411 e. The highest BCUT2D eigenvalue weighted by Gasteiger charge is 2.06. The van der Waals surface area contributed by atoms with Crippen molar-refractivity contribution in [3.63, 3.8) is 0 Å². The molecule has 0 bridgehead atoms. The third-order valence-corrected chi connectivity index (χ3v) is 3.81. The molecule has 0 heterocycles. The smallest absolute Gasteiger partial charge is 0.411 e. The van der Waals surface area contributed by atoms with Crippen molar-refractivity contribution in [3.05, 3.63) is 42.5 Å². The van der Waals surface area contributed by atoms with Crippen molar-refractivity contribution in [1.82, 2.24) is 10.2 Å². The first-order chi connectivity index (χ1) is 12.1. The fourth-order valence-corrected chi connectivity index (χ4v) is 2.36. The van der Waals surface area contributed by atoms with Crippen LogP contribution in [0, 0.1) is 0 Å². The van der Waals surface area contributed by atoms with Gasteiger partial charge in [0.05, 0.1) is 7.11 Å². The number of amides is 1. The second-order valence-electron chi connectivity index (χ2n) is 5.77. The molecule has 0 atom stereocenters. The number of carbonyl (C=O) groups is 1. The summed E-state index contributed by atoms with van der Waals surface area (Å²) in [4.78, 5) is 17.6. The highest BCUT2D eigenvalue weighted by atomic mass is 16.5. The maximum absolute atomic E-state index is 11.2. The molecule has 0 saturated heterocycles. The number of unbranched alkanes of at least 4 members (excludes halogenated alkanes) is 3. The van der Waals surface area contributed by atoms with Gasteiger partial charge in [0.25, 0.3) is 0 Å². The summed E-state index contributed by atoms with van der Waals surface area (Å²) in [6.45, 7) is 5.39. The van der Waals surface area contributed by atoms with Gasteiger partial charge in [0.15, 0.2) is 5.96 Å². The molecule has 0 aromatic heterocycles. The first-order valence-corrected chi connectivity index (χ1v) is 8.57. The average Bonchev–Trinajstić information content (AvgIpc) is 2.63. The Labute approximate surface area is 151 Å². The topological polar surface area (TPSA) is 66.0 Å². The Morgan fingerprint density at radius 3 is 2.60 bits per heavy atom. The van der Waals surface area contributed by atoms with Crippen LogP contribution in [0.2, 0.25) is 0 Å². The minimum atomic E-state index is -0.471. The summed E-state index contributed by atoms with van der Waals surface area (Å²) in [5.74, 6) is 0.875. The van der Waals surface area contributed by atoms with Gasteiger partial charge in [-0.15, -0.1) is 6.58 Å². The van der Waals surface area contributed by atoms with Crippen LogP contribution < -0.4 is 10.6 Å². The van der Waals surface area contributed by atoms with Crippen molar-refractivity contribution in [2.45, 2.75) is 32.2 Å². The van der Waals surface area contributed by atoms with Gasteiger partial charge in [0, 0.05) is 32.9 Å². The van der Waals surface area contributed by atoms with E-state index in [0.717, 1.165) is 30.9 Å². The quantitative estimate of drug-likeness (QED) is 0.310. The lowest BCUT2D eigenvalue weighted by atomic mass is 10.2. The van der Waals surface area contributed by atoms with Crippen LogP contribution >= 0.6 is 0 Å². The monoisotopic (exact) mass is 346 g/mol. The van der Waals surface area contributed by atoms with Gasteiger partial charge in [-0.2, -0.15) is 0 Å². The fourth-order valence-electron chi connectivity index (χ4n) is 2.36. The van der Waals surface area contributed by atoms with E-state index >= 15 is 0 Å². The van der Waals surface area contributed by atoms with E-state index in [-0.39, 0.29) is 0 Å². The zero-order valence-corrected chi connectivity index (χ0v) is 15.5. The summed E-state index contributed by atoms with van der Waals surface area (Å²) in [5.41, 5.74) is 1.81. The molecule has 0 aliphatic rings. The van der Waals surface area contributed by atoms with Crippen molar-refractivity contribution in [2.75, 3.05) is 33.1 Å². The van der Waals surface area contributed by atoms with Gasteiger partial charge in [-0.25, -0.2) is 4.79 Å². The van der Waals surface area contributed by atoms with Gasteiger partial charge < -0.3 is 15.0 Å². The van der Waals surface area contributed by atoms with Crippen LogP contribution in [0.1, 0.15) is 31.2 Å². The summed E-state index contributed by atoms with van der Waals surface area (Å²) >= 11 is 0. The molecule has 138 valence electrons. The summed E-state index contributed by atoms with van der Waals surface area (Å²) < 4.78 is 4.57. The molecule has 0 aliphatic heterocycles. The zero-order valence-electron chi connectivity index (χ0n) is 15.5. The van der Waals surface area contributed by atoms with E-state index in [2.05, 4.69) is 31.8 Å². The third kappa shape index (κ3) is 8.24. The maximum atomic E-state index is 11.2. The number of allylic oxidation sites excluding steroid dienone is 1. The molecule has 25 heavy (non-hydrogen) atoms. The molecule has 2 N–H and O–H groups in total. The summed E-state index contributed by atoms with van der Waals surface area (Å²) in [6, 6.07) is 7.61. The molecule has 6 nitrogen and oxygen atoms in total. The second-order valence-corrected chi connectivity index (χ2v) is 5.77. The number of hydrogen-bond donors (Lipinski definition) is 2. The molecule has 1 aromatic rings. The molecule has 0 fully saturated rings. The predicted molar refractivity (Wildman–Crippen MR) is 104 cm³/mol. The highest BCUT2D eigenvalue weighted by Crippen LogP contribution is 2.10. The molecular formula is C19H30N4O2. The molecule has 0 unspecified atom stereocenters. The lowest BCUT2D eigenvalue weighted by Crippen LogP contribution is -2.39. The van der Waals surface area contributed by atoms with Gasteiger partial charge >= 0.3 is 6.09 Å². The Morgan fingerprint density at radius 1 is 1.28 bits per heavy atom. The molecule has 1 amide bonds. The van der Waals surface area contributed by atoms with Crippen molar-refractivity contribution in [1.29, 1.82) is 0 Å². The van der Waals surface area contributed by atoms with E-state index in [1.807, 2.05) is 37.4 Å². The third-order valence-electron chi connectivity index (χ3n) is 3.81. The van der Waals surface area contributed by atoms with E-state index in [9.17, 15) is 4.79 Å². The average molecular weight is 346 g/mol. The zero-order chi connectivity index (χ0) is 18.5. The van der Waals surface area contributed by atoms with Crippen LogP contribution in [0.5, 0.6) is 0 Å². The summed E-state index contributed by atoms with van der Waals surface area (Å²) in [5, 5.41) is 5.99. The molecule has 0 aliphatic carbocycles. The molecule has 0 saturated carbocycles. The minimum absolute atomic E-state index is 0.471. The lowest BCUT2D eigenvalue weighted by molar-refractivity contribution is 0.187. The van der Waals surface area contributed by atoms with Gasteiger partial charge in [0.1, 0.15) is 0 Å². The number of benzene rings is 1. The van der Waals surface area contributed by atoms with E-state index in [1.165, 1.54) is 20.0 Å². The number of carbonyl (C=O) groups excluding carboxylic acids is 1. The molecule has 0 radical (unpaired) electrons. The van der Waals surface area contributed by atoms with Crippen molar-refractivity contribution >= 4 is 17.7 Å². The summed E-state index contributed by atoms with van der Waals surface area (Å²) in [7, 11) is 5.18. The lowest BCUT2D eigenvalue weighted by Gasteiger charge is -2.22. The number of ether oxygens (including phenoxy) is 1. The minimum Gasteiger partial charge on any atom is -0.453 e. The fraction of sp³-hybridized carbons (Fsp3) is 0.474. The van der Waals surface area contributed by atoms with Gasteiger partial charge in [-0.1, -0.05) is 24.6 Å². The predicted octanol–water partition coefficient (Wildman–Crippen LogP) is 3.62. The number of methoxy groups -OCH3 is 1. The Balaban J connectivity index is 2.40. The van der Waals surface area contributed by atoms with E-state index < -0.39 is 6.09 Å². The standard InChI is InChI=1S/C19H30N4O2/c1-5-6-7-8-9-14-23(3)18(20-2)21-15-16-10-12-17(13-11-16)22-19(24)25-4/h5,10-13H,1,6-9,14-15H2,2-4H3,(H,20,21)(H,22,24). The molecule has 1 aromatic carbocycles. The Morgan fingerprint density at radius 2 is 2.00 bits per heavy atom. The molecule has 6 heteroatoms. The number of guanidine groups is 1. The van der Waals surface area contributed by atoms with Crippen LogP contribution in [-0.4, -0.2) is 44.7 Å². The van der Waals surface area contributed by atoms with Crippen LogP contribution in [0.4, 0.5) is 10.5 Å². The molecular weight excluding hydrogens is 316 g/mol.